The monoisotopic (exact) mass is 638 g/mol. The third kappa shape index (κ3) is 6.69. The minimum absolute atomic E-state index is 0.174. The molecule has 4 heterocycles. The highest BCUT2D eigenvalue weighted by Gasteiger charge is 2.19. The Morgan fingerprint density at radius 1 is 0.978 bits per heavy atom. The first-order valence-corrected chi connectivity index (χ1v) is 16.0. The highest BCUT2D eigenvalue weighted by atomic mass is 35.5. The van der Waals surface area contributed by atoms with E-state index >= 15 is 0 Å². The fraction of sp³-hybridized carbons (Fsp3) is 0.314. The van der Waals surface area contributed by atoms with E-state index in [0.717, 1.165) is 72.7 Å². The third-order valence-electron chi connectivity index (χ3n) is 8.41. The summed E-state index contributed by atoms with van der Waals surface area (Å²) in [6.07, 6.45) is 3.25. The van der Waals surface area contributed by atoms with Crippen LogP contribution >= 0.6 is 11.6 Å². The number of rotatable bonds is 10. The summed E-state index contributed by atoms with van der Waals surface area (Å²) < 4.78 is 7.45. The van der Waals surface area contributed by atoms with E-state index in [9.17, 15) is 4.79 Å². The van der Waals surface area contributed by atoms with Gasteiger partial charge in [-0.3, -0.25) is 14.3 Å². The van der Waals surface area contributed by atoms with Gasteiger partial charge in [0.2, 0.25) is 5.95 Å². The van der Waals surface area contributed by atoms with Crippen molar-refractivity contribution >= 4 is 40.0 Å². The van der Waals surface area contributed by atoms with Crippen molar-refractivity contribution in [3.8, 4) is 28.1 Å². The van der Waals surface area contributed by atoms with E-state index in [1.54, 1.807) is 17.9 Å². The molecule has 6 rings (SSSR count). The van der Waals surface area contributed by atoms with E-state index in [4.69, 9.17) is 27.1 Å². The maximum absolute atomic E-state index is 14.1. The average molecular weight is 639 g/mol. The molecule has 0 atom stereocenters. The first kappa shape index (κ1) is 31.5. The van der Waals surface area contributed by atoms with Crippen LogP contribution in [0.25, 0.3) is 33.4 Å². The maximum Gasteiger partial charge on any atom is 0.260 e. The number of benzene rings is 2. The molecule has 46 heavy (non-hydrogen) atoms. The summed E-state index contributed by atoms with van der Waals surface area (Å²) in [4.78, 5) is 32.8. The normalized spacial score (nSPS) is 13.7. The number of hydrogen-bond acceptors (Lipinski definition) is 9. The molecule has 0 radical (unpaired) electrons. The summed E-state index contributed by atoms with van der Waals surface area (Å²) in [5, 5.41) is 4.51. The lowest BCUT2D eigenvalue weighted by Gasteiger charge is -2.34. The highest BCUT2D eigenvalue weighted by Crippen LogP contribution is 2.34. The lowest BCUT2D eigenvalue weighted by Crippen LogP contribution is -2.44. The van der Waals surface area contributed by atoms with Gasteiger partial charge in [-0.25, -0.2) is 4.98 Å². The van der Waals surface area contributed by atoms with Crippen LogP contribution in [-0.4, -0.2) is 71.3 Å². The van der Waals surface area contributed by atoms with Crippen molar-refractivity contribution in [3.05, 3.63) is 87.9 Å². The van der Waals surface area contributed by atoms with Crippen LogP contribution in [0.5, 0.6) is 5.75 Å². The number of methoxy groups -OCH3 is 1. The largest absolute Gasteiger partial charge is 0.494 e. The molecule has 0 unspecified atom stereocenters. The van der Waals surface area contributed by atoms with E-state index in [-0.39, 0.29) is 5.56 Å². The lowest BCUT2D eigenvalue weighted by atomic mass is 10.0. The minimum atomic E-state index is -0.174. The quantitative estimate of drug-likeness (QED) is 0.185. The van der Waals surface area contributed by atoms with Gasteiger partial charge in [0.15, 0.2) is 0 Å². The first-order chi connectivity index (χ1) is 22.3. The number of piperazine rings is 1. The number of nitrogens with two attached hydrogens (primary N) is 1. The van der Waals surface area contributed by atoms with Gasteiger partial charge in [-0.05, 0) is 69.8 Å². The molecule has 0 aliphatic carbocycles. The summed E-state index contributed by atoms with van der Waals surface area (Å²) >= 11 is 6.82. The molecular formula is C35H39ClN8O2. The van der Waals surface area contributed by atoms with Crippen molar-refractivity contribution in [2.24, 2.45) is 5.73 Å². The van der Waals surface area contributed by atoms with Crippen LogP contribution in [0, 0.1) is 6.92 Å². The van der Waals surface area contributed by atoms with E-state index in [1.807, 2.05) is 61.5 Å². The van der Waals surface area contributed by atoms with Gasteiger partial charge >= 0.3 is 0 Å². The summed E-state index contributed by atoms with van der Waals surface area (Å²) in [6, 6.07) is 19.4. The number of unbranched alkanes of at least 4 members (excludes halogenated alkanes) is 1. The molecule has 0 saturated carbocycles. The van der Waals surface area contributed by atoms with Crippen molar-refractivity contribution in [2.45, 2.75) is 26.3 Å². The second-order valence-electron chi connectivity index (χ2n) is 11.6. The number of likely N-dealkylation sites (N-methyl/N-ethyl adjacent to an activating group) is 1. The molecule has 3 N–H and O–H groups in total. The Balaban J connectivity index is 1.35. The molecule has 3 aromatic heterocycles. The lowest BCUT2D eigenvalue weighted by molar-refractivity contribution is 0.312. The van der Waals surface area contributed by atoms with E-state index in [1.165, 1.54) is 0 Å². The van der Waals surface area contributed by atoms with Crippen LogP contribution < -0.4 is 26.2 Å². The minimum Gasteiger partial charge on any atom is -0.494 e. The zero-order valence-electron chi connectivity index (χ0n) is 26.5. The number of ether oxygens (including phenoxy) is 1. The smallest absolute Gasteiger partial charge is 0.260 e. The number of nitrogens with zero attached hydrogens (tertiary/aromatic N) is 6. The third-order valence-corrected chi connectivity index (χ3v) is 8.72. The number of nitrogens with one attached hydrogen (secondary N) is 1. The zero-order chi connectivity index (χ0) is 32.2. The van der Waals surface area contributed by atoms with Crippen molar-refractivity contribution in [3.63, 3.8) is 0 Å². The molecule has 1 saturated heterocycles. The van der Waals surface area contributed by atoms with Crippen molar-refractivity contribution in [2.75, 3.05) is 57.1 Å². The van der Waals surface area contributed by atoms with Crippen molar-refractivity contribution in [1.82, 2.24) is 24.4 Å². The van der Waals surface area contributed by atoms with Gasteiger partial charge in [-0.15, -0.1) is 0 Å². The van der Waals surface area contributed by atoms with Gasteiger partial charge in [0.1, 0.15) is 11.4 Å². The van der Waals surface area contributed by atoms with E-state index in [2.05, 4.69) is 38.2 Å². The number of anilines is 3. The van der Waals surface area contributed by atoms with Crippen LogP contribution in [0.15, 0.2) is 71.7 Å². The maximum atomic E-state index is 14.1. The predicted molar refractivity (Wildman–Crippen MR) is 186 cm³/mol. The van der Waals surface area contributed by atoms with E-state index < -0.39 is 0 Å². The first-order valence-electron chi connectivity index (χ1n) is 15.6. The fourth-order valence-electron chi connectivity index (χ4n) is 5.80. The Kier molecular flexibility index (Phi) is 9.48. The number of aromatic nitrogens is 4. The fourth-order valence-corrected chi connectivity index (χ4v) is 6.08. The SMILES string of the molecule is COc1cc(N2CCN(C)CC2)ccc1Nc1ncc2cc(-c3ccc(-c4cccc(C)n4)cc3Cl)c(=O)n(CCCCN)c2n1. The average Bonchev–Trinajstić information content (AvgIpc) is 3.06. The molecule has 1 aliphatic rings. The van der Waals surface area contributed by atoms with Gasteiger partial charge in [-0.1, -0.05) is 29.8 Å². The van der Waals surface area contributed by atoms with Gasteiger partial charge in [0.05, 0.1) is 18.5 Å². The summed E-state index contributed by atoms with van der Waals surface area (Å²) in [6.45, 7) is 6.91. The van der Waals surface area contributed by atoms with Crippen LogP contribution in [0.1, 0.15) is 18.5 Å². The Morgan fingerprint density at radius 3 is 2.54 bits per heavy atom. The van der Waals surface area contributed by atoms with Gasteiger partial charge in [-0.2, -0.15) is 4.98 Å². The molecular weight excluding hydrogens is 600 g/mol. The second-order valence-corrected chi connectivity index (χ2v) is 12.0. The molecule has 11 heteroatoms. The molecule has 10 nitrogen and oxygen atoms in total. The van der Waals surface area contributed by atoms with Crippen LogP contribution in [0.3, 0.4) is 0 Å². The molecule has 0 amide bonds. The van der Waals surface area contributed by atoms with Gasteiger partial charge in [0.25, 0.3) is 5.56 Å². The molecule has 0 spiro atoms. The number of hydrogen-bond donors (Lipinski definition) is 2. The zero-order valence-corrected chi connectivity index (χ0v) is 27.2. The topological polar surface area (TPSA) is 114 Å². The Labute approximate surface area is 273 Å². The van der Waals surface area contributed by atoms with Crippen LogP contribution in [-0.2, 0) is 6.54 Å². The predicted octanol–water partition coefficient (Wildman–Crippen LogP) is 5.73. The van der Waals surface area contributed by atoms with Crippen molar-refractivity contribution < 1.29 is 4.74 Å². The van der Waals surface area contributed by atoms with Gasteiger partial charge < -0.3 is 25.6 Å². The number of aryl methyl sites for hydroxylation is 2. The molecule has 2 aromatic carbocycles. The standard InChI is InChI=1S/C35H39ClN8O2/c1-23-7-6-8-30(39-23)24-9-11-27(29(36)20-24)28-19-25-22-38-35(41-33(25)44(34(28)45)14-5-4-13-37)40-31-12-10-26(21-32(31)46-3)43-17-15-42(2)16-18-43/h6-12,19-22H,4-5,13-18,37H2,1-3H3,(H,38,40,41). The molecule has 1 fully saturated rings. The van der Waals surface area contributed by atoms with Crippen molar-refractivity contribution in [1.29, 1.82) is 0 Å². The summed E-state index contributed by atoms with van der Waals surface area (Å²) in [7, 11) is 3.80. The highest BCUT2D eigenvalue weighted by molar-refractivity contribution is 6.33. The number of fused-ring (bicyclic) bond motifs is 1. The van der Waals surface area contributed by atoms with Gasteiger partial charge in [0, 0.05) is 83.5 Å². The second kappa shape index (κ2) is 13.9. The Bertz CT molecular complexity index is 1920. The van der Waals surface area contributed by atoms with Crippen LogP contribution in [0.2, 0.25) is 5.02 Å². The summed E-state index contributed by atoms with van der Waals surface area (Å²) in [5.41, 5.74) is 11.8. The summed E-state index contributed by atoms with van der Waals surface area (Å²) in [5.74, 6) is 1.06. The Hall–Kier alpha value is -4.51. The van der Waals surface area contributed by atoms with Crippen LogP contribution in [0.4, 0.5) is 17.3 Å². The molecule has 1 aliphatic heterocycles. The molecule has 0 bridgehead atoms. The Morgan fingerprint density at radius 2 is 1.80 bits per heavy atom. The molecule has 238 valence electrons. The van der Waals surface area contributed by atoms with E-state index in [0.29, 0.717) is 46.6 Å². The number of halogens is 1. The number of pyridine rings is 2. The molecule has 5 aromatic rings.